The normalized spacial score (nSPS) is 17.2. The predicted octanol–water partition coefficient (Wildman–Crippen LogP) is 4.36. The highest BCUT2D eigenvalue weighted by atomic mass is 32.1. The molecule has 1 aromatic heterocycles. The average molecular weight is 340 g/mol. The first-order chi connectivity index (χ1) is 10.9. The summed E-state index contributed by atoms with van der Waals surface area (Å²) in [6, 6.07) is 4.86. The van der Waals surface area contributed by atoms with Crippen molar-refractivity contribution < 1.29 is 18.0 Å². The van der Waals surface area contributed by atoms with Crippen LogP contribution in [0.4, 0.5) is 13.2 Å². The number of carbonyl (C=O) groups excluding carboxylic acids is 1. The molecule has 1 aliphatic carbocycles. The number of benzene rings is 1. The predicted molar refractivity (Wildman–Crippen MR) is 81.2 cm³/mol. The second-order valence-corrected chi connectivity index (χ2v) is 6.52. The molecule has 23 heavy (non-hydrogen) atoms. The summed E-state index contributed by atoms with van der Waals surface area (Å²) in [7, 11) is 0. The number of halogens is 3. The molecule has 1 saturated carbocycles. The van der Waals surface area contributed by atoms with Crippen LogP contribution in [0.5, 0.6) is 0 Å². The minimum absolute atomic E-state index is 0.345. The highest BCUT2D eigenvalue weighted by Gasteiger charge is 2.41. The Balaban J connectivity index is 1.93. The van der Waals surface area contributed by atoms with Crippen molar-refractivity contribution in [3.63, 3.8) is 0 Å². The molecule has 0 bridgehead atoms. The van der Waals surface area contributed by atoms with Crippen molar-refractivity contribution >= 4 is 17.2 Å². The zero-order chi connectivity index (χ0) is 16.5. The molecule has 1 heterocycles. The lowest BCUT2D eigenvalue weighted by molar-refractivity contribution is -0.137. The van der Waals surface area contributed by atoms with Gasteiger partial charge in [-0.1, -0.05) is 25.0 Å². The fraction of sp³-hybridized carbons (Fsp3) is 0.375. The van der Waals surface area contributed by atoms with Crippen molar-refractivity contribution in [1.82, 2.24) is 10.3 Å². The number of nitrogens with zero attached hydrogens (tertiary/aromatic N) is 1. The maximum Gasteiger partial charge on any atom is 0.417 e. The van der Waals surface area contributed by atoms with Crippen LogP contribution in [0.1, 0.15) is 46.6 Å². The standard InChI is InChI=1S/C16H15F3N2OS/c17-16(18,19)12-6-2-1-5-11(12)13(22)21-15(7-3-4-8-15)14-20-9-10-23-14/h1-2,5-6,9-10H,3-4,7-8H2,(H,21,22). The van der Waals surface area contributed by atoms with Crippen molar-refractivity contribution in [3.8, 4) is 0 Å². The summed E-state index contributed by atoms with van der Waals surface area (Å²) in [5.41, 5.74) is -1.91. The third kappa shape index (κ3) is 3.10. The van der Waals surface area contributed by atoms with Crippen LogP contribution < -0.4 is 5.32 Å². The molecule has 0 spiro atoms. The lowest BCUT2D eigenvalue weighted by Crippen LogP contribution is -2.44. The van der Waals surface area contributed by atoms with Gasteiger partial charge in [-0.25, -0.2) is 4.98 Å². The third-order valence-corrected chi connectivity index (χ3v) is 5.11. The Morgan fingerprint density at radius 1 is 1.22 bits per heavy atom. The van der Waals surface area contributed by atoms with Gasteiger partial charge >= 0.3 is 6.18 Å². The van der Waals surface area contributed by atoms with E-state index in [9.17, 15) is 18.0 Å². The van der Waals surface area contributed by atoms with E-state index >= 15 is 0 Å². The topological polar surface area (TPSA) is 42.0 Å². The van der Waals surface area contributed by atoms with E-state index in [2.05, 4.69) is 10.3 Å². The van der Waals surface area contributed by atoms with E-state index in [1.165, 1.54) is 29.5 Å². The van der Waals surface area contributed by atoms with Crippen LogP contribution in [0.15, 0.2) is 35.8 Å². The number of rotatable bonds is 3. The molecule has 3 nitrogen and oxygen atoms in total. The summed E-state index contributed by atoms with van der Waals surface area (Å²) in [4.78, 5) is 16.8. The van der Waals surface area contributed by atoms with Gasteiger partial charge in [-0.05, 0) is 25.0 Å². The van der Waals surface area contributed by atoms with Gasteiger partial charge in [0, 0.05) is 11.6 Å². The molecule has 1 N–H and O–H groups in total. The Hall–Kier alpha value is -1.89. The molecular weight excluding hydrogens is 325 g/mol. The summed E-state index contributed by atoms with van der Waals surface area (Å²) in [5.74, 6) is -0.699. The molecule has 0 unspecified atom stereocenters. The lowest BCUT2D eigenvalue weighted by atomic mass is 9.97. The Bertz CT molecular complexity index is 692. The molecule has 2 aromatic rings. The number of alkyl halides is 3. The van der Waals surface area contributed by atoms with Gasteiger partial charge in [-0.2, -0.15) is 13.2 Å². The molecule has 0 saturated heterocycles. The third-order valence-electron chi connectivity index (χ3n) is 4.13. The number of thiazole rings is 1. The molecule has 1 aromatic carbocycles. The van der Waals surface area contributed by atoms with E-state index in [4.69, 9.17) is 0 Å². The summed E-state index contributed by atoms with van der Waals surface area (Å²) in [5, 5.41) is 5.40. The summed E-state index contributed by atoms with van der Waals surface area (Å²) >= 11 is 1.42. The van der Waals surface area contributed by atoms with Crippen LogP contribution in [0.2, 0.25) is 0 Å². The molecule has 7 heteroatoms. The van der Waals surface area contributed by atoms with Gasteiger partial charge in [-0.15, -0.1) is 11.3 Å². The van der Waals surface area contributed by atoms with Crippen molar-refractivity contribution in [3.05, 3.63) is 52.0 Å². The fourth-order valence-corrected chi connectivity index (χ4v) is 3.90. The second-order valence-electron chi connectivity index (χ2n) is 5.62. The van der Waals surface area contributed by atoms with Crippen LogP contribution in [-0.2, 0) is 11.7 Å². The maximum atomic E-state index is 13.1. The van der Waals surface area contributed by atoms with Crippen molar-refractivity contribution in [2.45, 2.75) is 37.4 Å². The Kier molecular flexibility index (Phi) is 4.14. The van der Waals surface area contributed by atoms with Gasteiger partial charge in [0.2, 0.25) is 0 Å². The van der Waals surface area contributed by atoms with E-state index in [0.717, 1.165) is 23.9 Å². The molecule has 1 aliphatic rings. The first kappa shape index (κ1) is 16.0. The number of amides is 1. The number of nitrogens with one attached hydrogen (secondary N) is 1. The monoisotopic (exact) mass is 340 g/mol. The van der Waals surface area contributed by atoms with Gasteiger partial charge in [0.15, 0.2) is 0 Å². The summed E-state index contributed by atoms with van der Waals surface area (Å²) < 4.78 is 39.3. The van der Waals surface area contributed by atoms with Crippen LogP contribution in [0.3, 0.4) is 0 Å². The fourth-order valence-electron chi connectivity index (χ4n) is 3.04. The summed E-state index contributed by atoms with van der Waals surface area (Å²) in [6.45, 7) is 0. The lowest BCUT2D eigenvalue weighted by Gasteiger charge is -2.28. The highest BCUT2D eigenvalue weighted by molar-refractivity contribution is 7.09. The maximum absolute atomic E-state index is 13.1. The van der Waals surface area contributed by atoms with Crippen molar-refractivity contribution in [2.24, 2.45) is 0 Å². The van der Waals surface area contributed by atoms with Crippen LogP contribution in [-0.4, -0.2) is 10.9 Å². The van der Waals surface area contributed by atoms with E-state index in [1.54, 1.807) is 6.20 Å². The minimum atomic E-state index is -4.56. The molecule has 0 radical (unpaired) electrons. The Morgan fingerprint density at radius 3 is 2.52 bits per heavy atom. The molecule has 1 fully saturated rings. The van der Waals surface area contributed by atoms with Crippen LogP contribution >= 0.6 is 11.3 Å². The van der Waals surface area contributed by atoms with Crippen molar-refractivity contribution in [2.75, 3.05) is 0 Å². The van der Waals surface area contributed by atoms with Gasteiger partial charge in [0.05, 0.1) is 16.7 Å². The summed E-state index contributed by atoms with van der Waals surface area (Å²) in [6.07, 6.45) is 0.316. The van der Waals surface area contributed by atoms with Gasteiger partial charge in [-0.3, -0.25) is 4.79 Å². The van der Waals surface area contributed by atoms with Crippen LogP contribution in [0, 0.1) is 0 Å². The SMILES string of the molecule is O=C(NC1(c2nccs2)CCCC1)c1ccccc1C(F)(F)F. The largest absolute Gasteiger partial charge is 0.417 e. The Morgan fingerprint density at radius 2 is 1.91 bits per heavy atom. The van der Waals surface area contributed by atoms with Crippen LogP contribution in [0.25, 0.3) is 0 Å². The van der Waals surface area contributed by atoms with E-state index in [1.807, 2.05) is 5.38 Å². The van der Waals surface area contributed by atoms with Gasteiger partial charge in [0.1, 0.15) is 5.01 Å². The molecule has 0 atom stereocenters. The second kappa shape index (κ2) is 5.96. The molecule has 122 valence electrons. The van der Waals surface area contributed by atoms with E-state index < -0.39 is 23.2 Å². The van der Waals surface area contributed by atoms with Gasteiger partial charge in [0.25, 0.3) is 5.91 Å². The number of hydrogen-bond donors (Lipinski definition) is 1. The zero-order valence-electron chi connectivity index (χ0n) is 12.2. The van der Waals surface area contributed by atoms with Gasteiger partial charge < -0.3 is 5.32 Å². The van der Waals surface area contributed by atoms with E-state index in [-0.39, 0.29) is 5.56 Å². The number of aromatic nitrogens is 1. The first-order valence-electron chi connectivity index (χ1n) is 7.31. The smallest absolute Gasteiger partial charge is 0.340 e. The highest BCUT2D eigenvalue weighted by Crippen LogP contribution is 2.40. The number of carbonyl (C=O) groups is 1. The molecule has 3 rings (SSSR count). The number of hydrogen-bond acceptors (Lipinski definition) is 3. The van der Waals surface area contributed by atoms with Crippen molar-refractivity contribution in [1.29, 1.82) is 0 Å². The molecular formula is C16H15F3N2OS. The Labute approximate surface area is 135 Å². The molecule has 1 amide bonds. The van der Waals surface area contributed by atoms with E-state index in [0.29, 0.717) is 12.8 Å². The first-order valence-corrected chi connectivity index (χ1v) is 8.19. The molecule has 0 aliphatic heterocycles. The average Bonchev–Trinajstić information content (AvgIpc) is 3.18. The quantitative estimate of drug-likeness (QED) is 0.902. The minimum Gasteiger partial charge on any atom is -0.340 e. The zero-order valence-corrected chi connectivity index (χ0v) is 13.0.